The maximum absolute atomic E-state index is 15.0. The Morgan fingerprint density at radius 3 is 2.33 bits per heavy atom. The molecule has 11 nitrogen and oxygen atoms in total. The molecular formula is C36H42FN3O8S. The number of ketones is 1. The van der Waals surface area contributed by atoms with Crippen LogP contribution in [0.3, 0.4) is 0 Å². The number of ether oxygens (including phenoxy) is 5. The van der Waals surface area contributed by atoms with Crippen LogP contribution < -0.4 is 4.74 Å². The molecule has 5 rings (SSSR count). The third-order valence-electron chi connectivity index (χ3n) is 7.83. The summed E-state index contributed by atoms with van der Waals surface area (Å²) < 4.78 is 43.0. The van der Waals surface area contributed by atoms with Gasteiger partial charge >= 0.3 is 0 Å². The van der Waals surface area contributed by atoms with E-state index >= 15 is 4.39 Å². The first-order valence-electron chi connectivity index (χ1n) is 16.4. The average Bonchev–Trinajstić information content (AvgIpc) is 3.81. The van der Waals surface area contributed by atoms with Gasteiger partial charge in [0.05, 0.1) is 67.0 Å². The SMILES string of the molecule is COCCOCCOCCOCCN(Cc1ccc(-c2cc3nccc(Oc4ccc(CC(=O)CC5CC5)cc4F)c3s2)nc1)C(=O)CO. The van der Waals surface area contributed by atoms with Gasteiger partial charge in [-0.1, -0.05) is 12.1 Å². The van der Waals surface area contributed by atoms with E-state index in [0.29, 0.717) is 81.0 Å². The number of hydrogen-bond donors (Lipinski definition) is 1. The maximum atomic E-state index is 15.0. The number of aromatic nitrogens is 2. The Labute approximate surface area is 288 Å². The number of methoxy groups -OCH3 is 1. The van der Waals surface area contributed by atoms with E-state index in [9.17, 15) is 14.7 Å². The zero-order valence-corrected chi connectivity index (χ0v) is 28.4. The van der Waals surface area contributed by atoms with E-state index in [1.807, 2.05) is 18.2 Å². The zero-order valence-electron chi connectivity index (χ0n) is 27.6. The predicted molar refractivity (Wildman–Crippen MR) is 182 cm³/mol. The van der Waals surface area contributed by atoms with E-state index in [4.69, 9.17) is 23.7 Å². The number of Topliss-reactive ketones (excluding diaryl/α,β-unsaturated/α-hetero) is 1. The van der Waals surface area contributed by atoms with Crippen molar-refractivity contribution >= 4 is 33.2 Å². The Kier molecular flexibility index (Phi) is 14.0. The van der Waals surface area contributed by atoms with E-state index in [0.717, 1.165) is 28.0 Å². The highest BCUT2D eigenvalue weighted by Crippen LogP contribution is 2.39. The van der Waals surface area contributed by atoms with Crippen molar-refractivity contribution in [3.8, 4) is 22.1 Å². The predicted octanol–water partition coefficient (Wildman–Crippen LogP) is 5.22. The molecular weight excluding hydrogens is 653 g/mol. The number of hydrogen-bond acceptors (Lipinski definition) is 11. The molecule has 13 heteroatoms. The fraction of sp³-hybridized carbons (Fsp3) is 0.444. The number of nitrogens with zero attached hydrogens (tertiary/aromatic N) is 3. The molecule has 0 radical (unpaired) electrons. The summed E-state index contributed by atoms with van der Waals surface area (Å²) in [6.45, 7) is 3.02. The Bertz CT molecular complexity index is 1660. The van der Waals surface area contributed by atoms with E-state index < -0.39 is 18.3 Å². The number of rotatable bonds is 22. The lowest BCUT2D eigenvalue weighted by molar-refractivity contribution is -0.135. The second-order valence-corrected chi connectivity index (χ2v) is 12.8. The molecule has 0 spiro atoms. The van der Waals surface area contributed by atoms with Gasteiger partial charge in [0.2, 0.25) is 5.91 Å². The highest BCUT2D eigenvalue weighted by atomic mass is 32.1. The third kappa shape index (κ3) is 11.3. The normalized spacial score (nSPS) is 12.8. The molecule has 4 aromatic rings. The van der Waals surface area contributed by atoms with E-state index in [1.54, 1.807) is 37.7 Å². The summed E-state index contributed by atoms with van der Waals surface area (Å²) in [4.78, 5) is 36.1. The topological polar surface area (TPSA) is 130 Å². The molecule has 0 bridgehead atoms. The van der Waals surface area contributed by atoms with Gasteiger partial charge in [0.1, 0.15) is 18.1 Å². The van der Waals surface area contributed by atoms with Gasteiger partial charge in [0.25, 0.3) is 0 Å². The molecule has 1 aliphatic rings. The van der Waals surface area contributed by atoms with Crippen LogP contribution in [0.2, 0.25) is 0 Å². The van der Waals surface area contributed by atoms with E-state index in [1.165, 1.54) is 22.3 Å². The van der Waals surface area contributed by atoms with Gasteiger partial charge < -0.3 is 33.7 Å². The Hall–Kier alpha value is -3.85. The summed E-state index contributed by atoms with van der Waals surface area (Å²) in [5.41, 5.74) is 2.82. The van der Waals surface area contributed by atoms with Crippen molar-refractivity contribution in [3.63, 3.8) is 0 Å². The van der Waals surface area contributed by atoms with Gasteiger partial charge in [-0.2, -0.15) is 0 Å². The fourth-order valence-corrected chi connectivity index (χ4v) is 6.10. The molecule has 1 amide bonds. The molecule has 49 heavy (non-hydrogen) atoms. The zero-order chi connectivity index (χ0) is 34.4. The van der Waals surface area contributed by atoms with Crippen LogP contribution in [0, 0.1) is 11.7 Å². The largest absolute Gasteiger partial charge is 0.453 e. The average molecular weight is 696 g/mol. The second-order valence-electron chi connectivity index (χ2n) is 11.7. The summed E-state index contributed by atoms with van der Waals surface area (Å²) in [5.74, 6) is 0.238. The number of aliphatic hydroxyl groups is 1. The number of pyridine rings is 2. The summed E-state index contributed by atoms with van der Waals surface area (Å²) in [6, 6.07) is 12.0. The Morgan fingerprint density at radius 2 is 1.65 bits per heavy atom. The molecule has 1 fully saturated rings. The quantitative estimate of drug-likeness (QED) is 0.109. The number of fused-ring (bicyclic) bond motifs is 1. The first-order chi connectivity index (χ1) is 23.9. The van der Waals surface area contributed by atoms with Crippen LogP contribution in [0.1, 0.15) is 30.4 Å². The number of benzene rings is 1. The lowest BCUT2D eigenvalue weighted by Gasteiger charge is -2.22. The van der Waals surface area contributed by atoms with Crippen molar-refractivity contribution in [2.45, 2.75) is 32.2 Å². The maximum Gasteiger partial charge on any atom is 0.248 e. The molecule has 1 N–H and O–H groups in total. The monoisotopic (exact) mass is 695 g/mol. The Morgan fingerprint density at radius 1 is 0.918 bits per heavy atom. The first kappa shape index (κ1) is 36.4. The van der Waals surface area contributed by atoms with Crippen LogP contribution in [0.5, 0.6) is 11.5 Å². The summed E-state index contributed by atoms with van der Waals surface area (Å²) >= 11 is 1.42. The lowest BCUT2D eigenvalue weighted by Crippen LogP contribution is -2.35. The number of aliphatic hydroxyl groups excluding tert-OH is 1. The van der Waals surface area contributed by atoms with Crippen molar-refractivity contribution in [2.75, 3.05) is 66.5 Å². The highest BCUT2D eigenvalue weighted by molar-refractivity contribution is 7.22. The van der Waals surface area contributed by atoms with Crippen LogP contribution in [0.15, 0.2) is 54.9 Å². The number of carbonyl (C=O) groups is 2. The van der Waals surface area contributed by atoms with Gasteiger partial charge in [0.15, 0.2) is 11.6 Å². The highest BCUT2D eigenvalue weighted by Gasteiger charge is 2.24. The minimum atomic E-state index is -0.606. The number of amides is 1. The molecule has 3 heterocycles. The minimum Gasteiger partial charge on any atom is -0.453 e. The summed E-state index contributed by atoms with van der Waals surface area (Å²) in [6.07, 6.45) is 6.30. The van der Waals surface area contributed by atoms with Crippen molar-refractivity contribution in [2.24, 2.45) is 5.92 Å². The lowest BCUT2D eigenvalue weighted by atomic mass is 10.0. The molecule has 0 aliphatic heterocycles. The van der Waals surface area contributed by atoms with Crippen molar-refractivity contribution in [3.05, 3.63) is 71.8 Å². The number of carbonyl (C=O) groups excluding carboxylic acids is 2. The van der Waals surface area contributed by atoms with E-state index in [2.05, 4.69) is 9.97 Å². The third-order valence-corrected chi connectivity index (χ3v) is 8.99. The summed E-state index contributed by atoms with van der Waals surface area (Å²) in [7, 11) is 1.62. The summed E-state index contributed by atoms with van der Waals surface area (Å²) in [5, 5.41) is 9.49. The molecule has 3 aromatic heterocycles. The van der Waals surface area contributed by atoms with Crippen LogP contribution >= 0.6 is 11.3 Å². The van der Waals surface area contributed by atoms with Gasteiger partial charge in [-0.05, 0) is 54.2 Å². The standard InChI is InChI=1S/C36H42FN3O8S/c1-44-12-13-46-16-17-47-15-14-45-11-10-40(35(43)24-41)23-27-4-6-30(39-22-27)34-21-31-36(49-34)33(8-9-38-31)48-32-7-5-26(20-29(32)37)19-28(42)18-25-2-3-25/h4-9,20-22,25,41H,2-3,10-19,23-24H2,1H3. The van der Waals surface area contributed by atoms with Crippen LogP contribution in [-0.2, 0) is 41.5 Å². The van der Waals surface area contributed by atoms with E-state index in [-0.39, 0.29) is 31.1 Å². The van der Waals surface area contributed by atoms with Gasteiger partial charge in [-0.25, -0.2) is 4.39 Å². The van der Waals surface area contributed by atoms with Crippen molar-refractivity contribution in [1.82, 2.24) is 14.9 Å². The molecule has 262 valence electrons. The molecule has 1 aliphatic carbocycles. The van der Waals surface area contributed by atoms with Gasteiger partial charge in [-0.3, -0.25) is 19.6 Å². The number of thiophene rings is 1. The van der Waals surface area contributed by atoms with Crippen LogP contribution in [0.4, 0.5) is 4.39 Å². The molecule has 1 saturated carbocycles. The van der Waals surface area contributed by atoms with Crippen molar-refractivity contribution < 1.29 is 42.8 Å². The molecule has 0 atom stereocenters. The van der Waals surface area contributed by atoms with Crippen molar-refractivity contribution in [1.29, 1.82) is 0 Å². The molecule has 1 aromatic carbocycles. The van der Waals surface area contributed by atoms with Gasteiger partial charge in [0, 0.05) is 51.5 Å². The van der Waals surface area contributed by atoms with Crippen LogP contribution in [0.25, 0.3) is 20.8 Å². The molecule has 0 saturated heterocycles. The second kappa shape index (κ2) is 18.8. The molecule has 0 unspecified atom stereocenters. The van der Waals surface area contributed by atoms with Gasteiger partial charge in [-0.15, -0.1) is 11.3 Å². The fourth-order valence-electron chi connectivity index (χ4n) is 5.06. The minimum absolute atomic E-state index is 0.0727. The Balaban J connectivity index is 1.14. The first-order valence-corrected chi connectivity index (χ1v) is 17.2. The smallest absolute Gasteiger partial charge is 0.248 e. The van der Waals surface area contributed by atoms with Crippen LogP contribution in [-0.4, -0.2) is 98.2 Å². The number of halogens is 1.